The van der Waals surface area contributed by atoms with E-state index in [1.165, 1.54) is 30.3 Å². The van der Waals surface area contributed by atoms with Crippen LogP contribution in [0.2, 0.25) is 0 Å². The molecule has 3 heteroatoms. The molecule has 2 aromatic rings. The number of hydrogen-bond acceptors (Lipinski definition) is 1. The highest BCUT2D eigenvalue weighted by atomic mass is 127. The van der Waals surface area contributed by atoms with Crippen molar-refractivity contribution in [3.8, 4) is 0 Å². The van der Waals surface area contributed by atoms with E-state index in [-0.39, 0.29) is 6.04 Å². The fourth-order valence-electron chi connectivity index (χ4n) is 2.50. The van der Waals surface area contributed by atoms with Crippen molar-refractivity contribution in [1.82, 2.24) is 5.32 Å². The number of halogens is 2. The minimum atomic E-state index is 0.254. The van der Waals surface area contributed by atoms with Crippen LogP contribution in [-0.4, -0.2) is 6.54 Å². The SMILES string of the molecule is CCCNC(c1cc(C)c(Br)cc1C)c1ccccc1I. The number of nitrogens with one attached hydrogen (secondary N) is 1. The molecule has 0 spiro atoms. The lowest BCUT2D eigenvalue weighted by molar-refractivity contribution is 0.594. The molecule has 21 heavy (non-hydrogen) atoms. The van der Waals surface area contributed by atoms with Crippen molar-refractivity contribution < 1.29 is 0 Å². The zero-order valence-corrected chi connectivity index (χ0v) is 16.5. The Kier molecular flexibility index (Phi) is 6.26. The van der Waals surface area contributed by atoms with Crippen LogP contribution >= 0.6 is 38.5 Å². The van der Waals surface area contributed by atoms with Gasteiger partial charge < -0.3 is 5.32 Å². The van der Waals surface area contributed by atoms with E-state index in [0.29, 0.717) is 0 Å². The third-order valence-electron chi connectivity index (χ3n) is 3.67. The summed E-state index contributed by atoms with van der Waals surface area (Å²) in [5, 5.41) is 3.71. The monoisotopic (exact) mass is 457 g/mol. The van der Waals surface area contributed by atoms with Crippen molar-refractivity contribution >= 4 is 38.5 Å². The second kappa shape index (κ2) is 7.75. The average Bonchev–Trinajstić information content (AvgIpc) is 2.46. The van der Waals surface area contributed by atoms with Gasteiger partial charge in [0.2, 0.25) is 0 Å². The predicted octanol–water partition coefficient (Wildman–Crippen LogP) is 5.76. The summed E-state index contributed by atoms with van der Waals surface area (Å²) in [7, 11) is 0. The number of aryl methyl sites for hydroxylation is 2. The fraction of sp³-hybridized carbons (Fsp3) is 0.333. The van der Waals surface area contributed by atoms with Crippen molar-refractivity contribution in [1.29, 1.82) is 0 Å². The second-order valence-corrected chi connectivity index (χ2v) is 7.38. The smallest absolute Gasteiger partial charge is 0.0589 e. The topological polar surface area (TPSA) is 12.0 Å². The van der Waals surface area contributed by atoms with E-state index >= 15 is 0 Å². The highest BCUT2D eigenvalue weighted by molar-refractivity contribution is 14.1. The molecular weight excluding hydrogens is 437 g/mol. The highest BCUT2D eigenvalue weighted by Crippen LogP contribution is 2.31. The maximum atomic E-state index is 3.71. The fourth-order valence-corrected chi connectivity index (χ4v) is 3.66. The summed E-state index contributed by atoms with van der Waals surface area (Å²) in [5.74, 6) is 0. The first-order chi connectivity index (χ1) is 10.0. The summed E-state index contributed by atoms with van der Waals surface area (Å²) in [5.41, 5.74) is 5.33. The summed E-state index contributed by atoms with van der Waals surface area (Å²) in [6, 6.07) is 13.4. The first kappa shape index (κ1) is 17.0. The van der Waals surface area contributed by atoms with Crippen molar-refractivity contribution in [3.63, 3.8) is 0 Å². The van der Waals surface area contributed by atoms with Gasteiger partial charge in [-0.05, 0) is 83.8 Å². The molecule has 0 aliphatic heterocycles. The maximum Gasteiger partial charge on any atom is 0.0589 e. The van der Waals surface area contributed by atoms with Crippen LogP contribution in [0.5, 0.6) is 0 Å². The molecule has 112 valence electrons. The molecule has 0 bridgehead atoms. The average molecular weight is 458 g/mol. The van der Waals surface area contributed by atoms with Crippen LogP contribution in [0, 0.1) is 17.4 Å². The second-order valence-electron chi connectivity index (χ2n) is 5.37. The Morgan fingerprint density at radius 1 is 1.10 bits per heavy atom. The normalized spacial score (nSPS) is 12.4. The molecule has 1 unspecified atom stereocenters. The van der Waals surface area contributed by atoms with Gasteiger partial charge in [-0.2, -0.15) is 0 Å². The Hall–Kier alpha value is -0.390. The minimum Gasteiger partial charge on any atom is -0.306 e. The van der Waals surface area contributed by atoms with E-state index in [2.05, 4.69) is 101 Å². The van der Waals surface area contributed by atoms with Gasteiger partial charge in [0, 0.05) is 8.04 Å². The van der Waals surface area contributed by atoms with Gasteiger partial charge in [-0.3, -0.25) is 0 Å². The molecule has 0 aliphatic carbocycles. The molecule has 2 aromatic carbocycles. The van der Waals surface area contributed by atoms with Gasteiger partial charge in [0.05, 0.1) is 6.04 Å². The molecule has 0 radical (unpaired) electrons. The number of hydrogen-bond donors (Lipinski definition) is 1. The quantitative estimate of drug-likeness (QED) is 0.562. The van der Waals surface area contributed by atoms with Gasteiger partial charge in [0.15, 0.2) is 0 Å². The van der Waals surface area contributed by atoms with Crippen molar-refractivity contribution in [2.24, 2.45) is 0 Å². The van der Waals surface area contributed by atoms with Crippen LogP contribution in [0.4, 0.5) is 0 Å². The first-order valence-electron chi connectivity index (χ1n) is 7.29. The lowest BCUT2D eigenvalue weighted by Crippen LogP contribution is -2.24. The van der Waals surface area contributed by atoms with Crippen LogP contribution in [0.15, 0.2) is 40.9 Å². The third kappa shape index (κ3) is 4.08. The molecule has 0 amide bonds. The molecule has 0 saturated carbocycles. The Bertz CT molecular complexity index is 625. The van der Waals surface area contributed by atoms with Gasteiger partial charge in [-0.15, -0.1) is 0 Å². The molecule has 1 nitrogen and oxygen atoms in total. The van der Waals surface area contributed by atoms with Gasteiger partial charge in [-0.25, -0.2) is 0 Å². The van der Waals surface area contributed by atoms with Crippen molar-refractivity contribution in [3.05, 3.63) is 66.7 Å². The van der Waals surface area contributed by atoms with E-state index in [9.17, 15) is 0 Å². The molecule has 0 fully saturated rings. The summed E-state index contributed by atoms with van der Waals surface area (Å²) in [6.07, 6.45) is 1.13. The van der Waals surface area contributed by atoms with Crippen LogP contribution in [0.25, 0.3) is 0 Å². The highest BCUT2D eigenvalue weighted by Gasteiger charge is 2.18. The summed E-state index contributed by atoms with van der Waals surface area (Å²) in [4.78, 5) is 0. The Morgan fingerprint density at radius 2 is 1.81 bits per heavy atom. The van der Waals surface area contributed by atoms with Crippen LogP contribution in [0.1, 0.15) is 41.6 Å². The lowest BCUT2D eigenvalue weighted by atomic mass is 9.93. The van der Waals surface area contributed by atoms with E-state index < -0.39 is 0 Å². The summed E-state index contributed by atoms with van der Waals surface area (Å²) < 4.78 is 2.49. The molecule has 1 atom stereocenters. The van der Waals surface area contributed by atoms with Crippen LogP contribution in [0.3, 0.4) is 0 Å². The third-order valence-corrected chi connectivity index (χ3v) is 5.51. The maximum absolute atomic E-state index is 3.71. The van der Waals surface area contributed by atoms with Crippen LogP contribution in [-0.2, 0) is 0 Å². The molecule has 0 heterocycles. The van der Waals surface area contributed by atoms with Crippen molar-refractivity contribution in [2.45, 2.75) is 33.2 Å². The van der Waals surface area contributed by atoms with Gasteiger partial charge in [-0.1, -0.05) is 47.1 Å². The molecule has 2 rings (SSSR count). The first-order valence-corrected chi connectivity index (χ1v) is 9.16. The predicted molar refractivity (Wildman–Crippen MR) is 103 cm³/mol. The largest absolute Gasteiger partial charge is 0.306 e. The Morgan fingerprint density at radius 3 is 2.48 bits per heavy atom. The Labute approximate surface area is 149 Å². The van der Waals surface area contributed by atoms with Crippen molar-refractivity contribution in [2.75, 3.05) is 6.54 Å². The molecular formula is C18H21BrIN. The van der Waals surface area contributed by atoms with Gasteiger partial charge in [0.1, 0.15) is 0 Å². The zero-order valence-electron chi connectivity index (χ0n) is 12.7. The van der Waals surface area contributed by atoms with E-state index in [0.717, 1.165) is 13.0 Å². The number of rotatable bonds is 5. The standard InChI is InChI=1S/C18H21BrIN/c1-4-9-21-18(14-7-5-6-8-17(14)20)15-10-13(3)16(19)11-12(15)2/h5-8,10-11,18,21H,4,9H2,1-3H3. The Balaban J connectivity index is 2.51. The molecule has 0 saturated heterocycles. The number of benzene rings is 2. The van der Waals surface area contributed by atoms with E-state index in [1.807, 2.05) is 0 Å². The molecule has 0 aromatic heterocycles. The van der Waals surface area contributed by atoms with Gasteiger partial charge >= 0.3 is 0 Å². The van der Waals surface area contributed by atoms with E-state index in [4.69, 9.17) is 0 Å². The summed E-state index contributed by atoms with van der Waals surface area (Å²) >= 11 is 6.06. The zero-order chi connectivity index (χ0) is 15.4. The van der Waals surface area contributed by atoms with E-state index in [1.54, 1.807) is 0 Å². The van der Waals surface area contributed by atoms with Crippen LogP contribution < -0.4 is 5.32 Å². The minimum absolute atomic E-state index is 0.254. The summed E-state index contributed by atoms with van der Waals surface area (Å²) in [6.45, 7) is 7.57. The molecule has 1 N–H and O–H groups in total. The molecule has 0 aliphatic rings. The van der Waals surface area contributed by atoms with Gasteiger partial charge in [0.25, 0.3) is 0 Å². The lowest BCUT2D eigenvalue weighted by Gasteiger charge is -2.23.